The lowest BCUT2D eigenvalue weighted by atomic mass is 10.1. The minimum atomic E-state index is 0.376. The summed E-state index contributed by atoms with van der Waals surface area (Å²) in [6.45, 7) is 7.06. The van der Waals surface area contributed by atoms with Gasteiger partial charge in [0.1, 0.15) is 12.4 Å². The van der Waals surface area contributed by atoms with E-state index in [0.29, 0.717) is 13.2 Å². The van der Waals surface area contributed by atoms with Crippen molar-refractivity contribution in [2.75, 3.05) is 0 Å². The maximum absolute atomic E-state index is 5.95. The van der Waals surface area contributed by atoms with Crippen LogP contribution < -0.4 is 4.74 Å². The maximum Gasteiger partial charge on any atom is 0.191 e. The van der Waals surface area contributed by atoms with E-state index in [1.54, 1.807) is 11.8 Å². The summed E-state index contributed by atoms with van der Waals surface area (Å²) < 4.78 is 8.02. The third-order valence-corrected chi connectivity index (χ3v) is 6.06. The molecule has 3 aromatic carbocycles. The van der Waals surface area contributed by atoms with E-state index < -0.39 is 0 Å². The standard InChI is InChI=1S/C25H25N3OS/c1-3-16-28-24(17-29-22-14-12-19(4-2)13-15-22)26-27-25(28)30-18-21-10-7-9-20-8-5-6-11-23(20)21/h3,5-15H,1,4,16-18H2,2H3. The van der Waals surface area contributed by atoms with E-state index in [4.69, 9.17) is 4.74 Å². The van der Waals surface area contributed by atoms with Crippen molar-refractivity contribution in [1.82, 2.24) is 14.8 Å². The van der Waals surface area contributed by atoms with Crippen molar-refractivity contribution in [3.05, 3.63) is 96.3 Å². The number of thioether (sulfide) groups is 1. The second-order valence-corrected chi connectivity index (χ2v) is 7.95. The fourth-order valence-corrected chi connectivity index (χ4v) is 4.35. The number of ether oxygens (including phenoxy) is 1. The Hall–Kier alpha value is -3.05. The average Bonchev–Trinajstić information content (AvgIpc) is 3.18. The normalized spacial score (nSPS) is 11.0. The van der Waals surface area contributed by atoms with Gasteiger partial charge in [0.15, 0.2) is 11.0 Å². The number of aromatic nitrogens is 3. The highest BCUT2D eigenvalue weighted by atomic mass is 32.2. The van der Waals surface area contributed by atoms with Gasteiger partial charge in [0.05, 0.1) is 0 Å². The van der Waals surface area contributed by atoms with Gasteiger partial charge < -0.3 is 4.74 Å². The molecule has 0 fully saturated rings. The number of benzene rings is 3. The average molecular weight is 416 g/mol. The van der Waals surface area contributed by atoms with Crippen LogP contribution in [-0.2, 0) is 25.3 Å². The van der Waals surface area contributed by atoms with Gasteiger partial charge in [-0.05, 0) is 40.5 Å². The van der Waals surface area contributed by atoms with Gasteiger partial charge in [-0.15, -0.1) is 16.8 Å². The smallest absolute Gasteiger partial charge is 0.191 e. The highest BCUT2D eigenvalue weighted by Crippen LogP contribution is 2.27. The Kier molecular flexibility index (Phi) is 6.50. The van der Waals surface area contributed by atoms with Crippen LogP contribution in [0.2, 0.25) is 0 Å². The molecule has 1 aromatic heterocycles. The van der Waals surface area contributed by atoms with E-state index in [2.05, 4.69) is 82.9 Å². The zero-order chi connectivity index (χ0) is 20.8. The summed E-state index contributed by atoms with van der Waals surface area (Å²) >= 11 is 1.69. The molecule has 0 bridgehead atoms. The Balaban J connectivity index is 1.48. The van der Waals surface area contributed by atoms with Gasteiger partial charge in [0.2, 0.25) is 0 Å². The summed E-state index contributed by atoms with van der Waals surface area (Å²) in [5.41, 5.74) is 2.59. The lowest BCUT2D eigenvalue weighted by molar-refractivity contribution is 0.289. The van der Waals surface area contributed by atoms with E-state index in [1.807, 2.05) is 18.2 Å². The number of fused-ring (bicyclic) bond motifs is 1. The molecule has 0 spiro atoms. The maximum atomic E-state index is 5.95. The molecule has 1 heterocycles. The molecule has 30 heavy (non-hydrogen) atoms. The fourth-order valence-electron chi connectivity index (χ4n) is 3.37. The first-order chi connectivity index (χ1) is 14.8. The molecular formula is C25H25N3OS. The number of aryl methyl sites for hydroxylation is 1. The Morgan fingerprint density at radius 3 is 2.60 bits per heavy atom. The molecule has 4 rings (SSSR count). The second-order valence-electron chi connectivity index (χ2n) is 7.01. The van der Waals surface area contributed by atoms with Crippen LogP contribution in [0.4, 0.5) is 0 Å². The Bertz CT molecular complexity index is 1130. The van der Waals surface area contributed by atoms with Gasteiger partial charge in [0, 0.05) is 12.3 Å². The van der Waals surface area contributed by atoms with Crippen molar-refractivity contribution < 1.29 is 4.74 Å². The van der Waals surface area contributed by atoms with Crippen LogP contribution in [0.1, 0.15) is 23.9 Å². The zero-order valence-electron chi connectivity index (χ0n) is 17.1. The molecule has 0 atom stereocenters. The van der Waals surface area contributed by atoms with Crippen molar-refractivity contribution >= 4 is 22.5 Å². The van der Waals surface area contributed by atoms with Crippen LogP contribution in [0.3, 0.4) is 0 Å². The molecule has 0 unspecified atom stereocenters. The molecule has 4 aromatic rings. The topological polar surface area (TPSA) is 39.9 Å². The second kappa shape index (κ2) is 9.63. The lowest BCUT2D eigenvalue weighted by Gasteiger charge is -2.10. The molecule has 5 heteroatoms. The van der Waals surface area contributed by atoms with Crippen LogP contribution in [0.5, 0.6) is 5.75 Å². The van der Waals surface area contributed by atoms with E-state index in [0.717, 1.165) is 28.9 Å². The van der Waals surface area contributed by atoms with Crippen molar-refractivity contribution in [3.63, 3.8) is 0 Å². The van der Waals surface area contributed by atoms with Crippen LogP contribution in [0, 0.1) is 0 Å². The van der Waals surface area contributed by atoms with E-state index in [-0.39, 0.29) is 0 Å². The molecule has 0 saturated carbocycles. The summed E-state index contributed by atoms with van der Waals surface area (Å²) in [5.74, 6) is 2.47. The molecule has 0 aliphatic heterocycles. The van der Waals surface area contributed by atoms with E-state index in [9.17, 15) is 0 Å². The van der Waals surface area contributed by atoms with Crippen LogP contribution >= 0.6 is 11.8 Å². The predicted octanol–water partition coefficient (Wildman–Crippen LogP) is 6.05. The molecule has 0 aliphatic carbocycles. The van der Waals surface area contributed by atoms with Gasteiger partial charge in [0.25, 0.3) is 0 Å². The summed E-state index contributed by atoms with van der Waals surface area (Å²) in [6, 6.07) is 23.1. The number of rotatable bonds is 9. The largest absolute Gasteiger partial charge is 0.486 e. The van der Waals surface area contributed by atoms with Gasteiger partial charge in [-0.1, -0.05) is 79.4 Å². The quantitative estimate of drug-likeness (QED) is 0.246. The summed E-state index contributed by atoms with van der Waals surface area (Å²) in [5, 5.41) is 12.2. The van der Waals surface area contributed by atoms with E-state index in [1.165, 1.54) is 21.9 Å². The first-order valence-corrected chi connectivity index (χ1v) is 11.1. The molecular weight excluding hydrogens is 390 g/mol. The minimum Gasteiger partial charge on any atom is -0.486 e. The van der Waals surface area contributed by atoms with Crippen molar-refractivity contribution in [2.45, 2.75) is 37.4 Å². The molecule has 0 aliphatic rings. The Morgan fingerprint density at radius 1 is 1.00 bits per heavy atom. The van der Waals surface area contributed by atoms with Gasteiger partial charge in [-0.2, -0.15) is 0 Å². The molecule has 152 valence electrons. The van der Waals surface area contributed by atoms with Crippen LogP contribution in [0.25, 0.3) is 10.8 Å². The number of allylic oxidation sites excluding steroid dienone is 1. The molecule has 0 radical (unpaired) electrons. The van der Waals surface area contributed by atoms with Gasteiger partial charge >= 0.3 is 0 Å². The van der Waals surface area contributed by atoms with Crippen LogP contribution in [0.15, 0.2) is 84.5 Å². The number of hydrogen-bond acceptors (Lipinski definition) is 4. The highest BCUT2D eigenvalue weighted by Gasteiger charge is 2.13. The Morgan fingerprint density at radius 2 is 1.80 bits per heavy atom. The number of hydrogen-bond donors (Lipinski definition) is 0. The van der Waals surface area contributed by atoms with Crippen molar-refractivity contribution in [1.29, 1.82) is 0 Å². The molecule has 0 saturated heterocycles. The third kappa shape index (κ3) is 4.57. The monoisotopic (exact) mass is 415 g/mol. The van der Waals surface area contributed by atoms with Crippen LogP contribution in [-0.4, -0.2) is 14.8 Å². The van der Waals surface area contributed by atoms with Crippen molar-refractivity contribution in [3.8, 4) is 5.75 Å². The zero-order valence-corrected chi connectivity index (χ0v) is 17.9. The predicted molar refractivity (Wildman–Crippen MR) is 124 cm³/mol. The Labute approximate surface area is 181 Å². The third-order valence-electron chi connectivity index (χ3n) is 5.04. The lowest BCUT2D eigenvalue weighted by Crippen LogP contribution is -2.07. The highest BCUT2D eigenvalue weighted by molar-refractivity contribution is 7.98. The van der Waals surface area contributed by atoms with E-state index >= 15 is 0 Å². The first-order valence-electron chi connectivity index (χ1n) is 10.1. The summed E-state index contributed by atoms with van der Waals surface area (Å²) in [6.07, 6.45) is 2.89. The summed E-state index contributed by atoms with van der Waals surface area (Å²) in [4.78, 5) is 0. The molecule has 0 N–H and O–H groups in total. The van der Waals surface area contributed by atoms with Crippen molar-refractivity contribution in [2.24, 2.45) is 0 Å². The first kappa shape index (κ1) is 20.2. The minimum absolute atomic E-state index is 0.376. The fraction of sp³-hybridized carbons (Fsp3) is 0.200. The number of nitrogens with zero attached hydrogens (tertiary/aromatic N) is 3. The SMILES string of the molecule is C=CCn1c(COc2ccc(CC)cc2)nnc1SCc1cccc2ccccc12. The molecule has 4 nitrogen and oxygen atoms in total. The van der Waals surface area contributed by atoms with Gasteiger partial charge in [-0.25, -0.2) is 0 Å². The summed E-state index contributed by atoms with van der Waals surface area (Å²) in [7, 11) is 0. The van der Waals surface area contributed by atoms with Gasteiger partial charge in [-0.3, -0.25) is 4.57 Å². The molecule has 0 amide bonds.